The number of para-hydroxylation sites is 3. The Morgan fingerprint density at radius 3 is 2.77 bits per heavy atom. The van der Waals surface area contributed by atoms with Crippen molar-refractivity contribution < 1.29 is 19.1 Å². The number of carbonyl (C=O) groups is 1. The van der Waals surface area contributed by atoms with E-state index in [0.29, 0.717) is 18.8 Å². The molecule has 30 heavy (non-hydrogen) atoms. The fraction of sp³-hybridized carbons (Fsp3) is 0.304. The molecular formula is C23H23N3O4. The van der Waals surface area contributed by atoms with Gasteiger partial charge in [-0.3, -0.25) is 9.69 Å². The van der Waals surface area contributed by atoms with Crippen molar-refractivity contribution in [3.05, 3.63) is 60.1 Å². The third-order valence-corrected chi connectivity index (χ3v) is 6.01. The van der Waals surface area contributed by atoms with Crippen LogP contribution in [0.25, 0.3) is 22.0 Å². The topological polar surface area (TPSA) is 91.6 Å². The lowest BCUT2D eigenvalue weighted by Gasteiger charge is -2.34. The minimum absolute atomic E-state index is 0.200. The quantitative estimate of drug-likeness (QED) is 0.514. The molecule has 1 atom stereocenters. The van der Waals surface area contributed by atoms with Crippen LogP contribution < -0.4 is 4.74 Å². The van der Waals surface area contributed by atoms with Crippen LogP contribution in [0.5, 0.6) is 5.75 Å². The lowest BCUT2D eigenvalue weighted by atomic mass is 9.94. The molecule has 1 aliphatic heterocycles. The highest BCUT2D eigenvalue weighted by Gasteiger charge is 2.34. The van der Waals surface area contributed by atoms with Gasteiger partial charge in [-0.15, -0.1) is 0 Å². The van der Waals surface area contributed by atoms with Gasteiger partial charge in [0.1, 0.15) is 17.3 Å². The first-order valence-corrected chi connectivity index (χ1v) is 10.1. The molecule has 0 radical (unpaired) electrons. The van der Waals surface area contributed by atoms with Crippen molar-refractivity contribution in [3.8, 4) is 5.75 Å². The molecule has 0 saturated carbocycles. The number of likely N-dealkylation sites (tertiary alicyclic amines) is 1. The number of hydrogen-bond donors (Lipinski definition) is 2. The molecule has 1 aliphatic rings. The maximum atomic E-state index is 12.2. The van der Waals surface area contributed by atoms with Crippen molar-refractivity contribution >= 4 is 28.0 Å². The highest BCUT2D eigenvalue weighted by molar-refractivity contribution is 5.92. The van der Waals surface area contributed by atoms with Gasteiger partial charge in [0.05, 0.1) is 12.6 Å². The van der Waals surface area contributed by atoms with E-state index in [1.54, 1.807) is 13.3 Å². The third kappa shape index (κ3) is 3.11. The number of fused-ring (bicyclic) bond motifs is 2. The summed E-state index contributed by atoms with van der Waals surface area (Å²) in [6.07, 6.45) is 3.41. The van der Waals surface area contributed by atoms with Crippen LogP contribution in [-0.2, 0) is 4.79 Å². The summed E-state index contributed by atoms with van der Waals surface area (Å²) in [5.41, 5.74) is 3.25. The monoisotopic (exact) mass is 405 g/mol. The summed E-state index contributed by atoms with van der Waals surface area (Å²) in [7, 11) is 1.61. The lowest BCUT2D eigenvalue weighted by Crippen LogP contribution is -2.39. The molecule has 0 spiro atoms. The number of nitrogens with zero attached hydrogens (tertiary/aromatic N) is 2. The first-order chi connectivity index (χ1) is 14.7. The Balaban J connectivity index is 1.39. The minimum atomic E-state index is -0.848. The fourth-order valence-corrected chi connectivity index (χ4v) is 4.50. The number of piperidine rings is 1. The van der Waals surface area contributed by atoms with E-state index in [1.165, 1.54) is 0 Å². The van der Waals surface area contributed by atoms with Gasteiger partial charge < -0.3 is 19.2 Å². The van der Waals surface area contributed by atoms with Crippen molar-refractivity contribution in [1.29, 1.82) is 0 Å². The number of ether oxygens (including phenoxy) is 1. The van der Waals surface area contributed by atoms with Gasteiger partial charge in [-0.25, -0.2) is 4.98 Å². The largest absolute Gasteiger partial charge is 0.495 e. The third-order valence-electron chi connectivity index (χ3n) is 6.01. The molecule has 5 rings (SSSR count). The highest BCUT2D eigenvalue weighted by atomic mass is 16.5. The summed E-state index contributed by atoms with van der Waals surface area (Å²) < 4.78 is 11.3. The maximum absolute atomic E-state index is 12.2. The van der Waals surface area contributed by atoms with Crippen molar-refractivity contribution in [2.24, 2.45) is 0 Å². The second kappa shape index (κ2) is 7.50. The van der Waals surface area contributed by atoms with Gasteiger partial charge in [0.2, 0.25) is 0 Å². The van der Waals surface area contributed by atoms with Crippen LogP contribution in [-0.4, -0.2) is 46.1 Å². The first kappa shape index (κ1) is 18.7. The predicted molar refractivity (Wildman–Crippen MR) is 113 cm³/mol. The van der Waals surface area contributed by atoms with E-state index >= 15 is 0 Å². The lowest BCUT2D eigenvalue weighted by molar-refractivity contribution is -0.144. The summed E-state index contributed by atoms with van der Waals surface area (Å²) in [5, 5.41) is 10.9. The molecule has 2 N–H and O–H groups in total. The van der Waals surface area contributed by atoms with Gasteiger partial charge in [-0.05, 0) is 31.0 Å². The molecule has 154 valence electrons. The van der Waals surface area contributed by atoms with E-state index in [9.17, 15) is 9.90 Å². The number of rotatable bonds is 5. The maximum Gasteiger partial charge on any atom is 0.325 e. The standard InChI is InChI=1S/C23H23N3O4/c1-29-19-8-4-5-15-16(13-24-20(15)19)21(23(27)28)26-11-9-14(10-12-26)22-25-17-6-2-3-7-18(17)30-22/h2-8,13-14,21,24H,9-12H2,1H3,(H,27,28)/t21-/m1/s1. The van der Waals surface area contributed by atoms with E-state index in [4.69, 9.17) is 9.15 Å². The number of aromatic amines is 1. The fourth-order valence-electron chi connectivity index (χ4n) is 4.50. The van der Waals surface area contributed by atoms with Crippen LogP contribution in [0.3, 0.4) is 0 Å². The van der Waals surface area contributed by atoms with E-state index < -0.39 is 12.0 Å². The Bertz CT molecular complexity index is 1170. The number of H-pyrrole nitrogens is 1. The van der Waals surface area contributed by atoms with E-state index in [1.807, 2.05) is 47.4 Å². The van der Waals surface area contributed by atoms with Crippen molar-refractivity contribution in [3.63, 3.8) is 0 Å². The molecule has 7 nitrogen and oxygen atoms in total. The molecule has 0 bridgehead atoms. The molecule has 1 saturated heterocycles. The highest BCUT2D eigenvalue weighted by Crippen LogP contribution is 2.37. The zero-order valence-electron chi connectivity index (χ0n) is 16.7. The SMILES string of the molecule is COc1cccc2c([C@H](C(=O)O)N3CCC(c4nc5ccccc5o4)CC3)c[nH]c12. The first-order valence-electron chi connectivity index (χ1n) is 10.1. The number of methoxy groups -OCH3 is 1. The molecule has 1 fully saturated rings. The number of aromatic nitrogens is 2. The molecule has 0 amide bonds. The molecule has 4 aromatic rings. The summed E-state index contributed by atoms with van der Waals surface area (Å²) in [6, 6.07) is 12.7. The minimum Gasteiger partial charge on any atom is -0.495 e. The Morgan fingerprint density at radius 2 is 2.03 bits per heavy atom. The number of aliphatic carboxylic acids is 1. The summed E-state index contributed by atoms with van der Waals surface area (Å²) in [5.74, 6) is 0.808. The van der Waals surface area contributed by atoms with Gasteiger partial charge in [0.25, 0.3) is 0 Å². The van der Waals surface area contributed by atoms with Crippen molar-refractivity contribution in [2.45, 2.75) is 24.8 Å². The Hall–Kier alpha value is -3.32. The normalized spacial score (nSPS) is 16.8. The van der Waals surface area contributed by atoms with Crippen LogP contribution in [0, 0.1) is 0 Å². The molecule has 2 aromatic carbocycles. The molecule has 2 aromatic heterocycles. The van der Waals surface area contributed by atoms with Gasteiger partial charge >= 0.3 is 5.97 Å². The number of benzene rings is 2. The summed E-state index contributed by atoms with van der Waals surface area (Å²) in [4.78, 5) is 22.1. The average Bonchev–Trinajstić information content (AvgIpc) is 3.39. The molecule has 3 heterocycles. The predicted octanol–water partition coefficient (Wildman–Crippen LogP) is 4.32. The van der Waals surface area contributed by atoms with Crippen molar-refractivity contribution in [2.75, 3.05) is 20.2 Å². The molecular weight excluding hydrogens is 382 g/mol. The van der Waals surface area contributed by atoms with Gasteiger partial charge in [-0.1, -0.05) is 24.3 Å². The summed E-state index contributed by atoms with van der Waals surface area (Å²) in [6.45, 7) is 1.33. The van der Waals surface area contributed by atoms with Crippen LogP contribution >= 0.6 is 0 Å². The second-order valence-corrected chi connectivity index (χ2v) is 7.70. The number of nitrogens with one attached hydrogen (secondary N) is 1. The Morgan fingerprint density at radius 1 is 1.23 bits per heavy atom. The van der Waals surface area contributed by atoms with Gasteiger partial charge in [0, 0.05) is 36.2 Å². The second-order valence-electron chi connectivity index (χ2n) is 7.70. The smallest absolute Gasteiger partial charge is 0.325 e. The average molecular weight is 405 g/mol. The van der Waals surface area contributed by atoms with E-state index in [-0.39, 0.29) is 5.92 Å². The molecule has 7 heteroatoms. The summed E-state index contributed by atoms with van der Waals surface area (Å²) >= 11 is 0. The van der Waals surface area contributed by atoms with Crippen LogP contribution in [0.1, 0.15) is 36.3 Å². The van der Waals surface area contributed by atoms with E-state index in [0.717, 1.165) is 46.3 Å². The number of oxazole rings is 1. The van der Waals surface area contributed by atoms with Crippen molar-refractivity contribution in [1.82, 2.24) is 14.9 Å². The molecule has 0 aliphatic carbocycles. The van der Waals surface area contributed by atoms with Crippen LogP contribution in [0.2, 0.25) is 0 Å². The zero-order chi connectivity index (χ0) is 20.7. The molecule has 0 unspecified atom stereocenters. The Labute approximate surface area is 173 Å². The Kier molecular flexibility index (Phi) is 4.67. The van der Waals surface area contributed by atoms with Gasteiger partial charge in [0.15, 0.2) is 11.5 Å². The van der Waals surface area contributed by atoms with Gasteiger partial charge in [-0.2, -0.15) is 0 Å². The zero-order valence-corrected chi connectivity index (χ0v) is 16.7. The van der Waals surface area contributed by atoms with Crippen LogP contribution in [0.4, 0.5) is 0 Å². The number of carboxylic acid groups (broad SMARTS) is 1. The number of hydrogen-bond acceptors (Lipinski definition) is 5. The number of carboxylic acids is 1. The van der Waals surface area contributed by atoms with E-state index in [2.05, 4.69) is 9.97 Å². The van der Waals surface area contributed by atoms with Crippen LogP contribution in [0.15, 0.2) is 53.1 Å².